The van der Waals surface area contributed by atoms with Crippen LogP contribution in [0.25, 0.3) is 16.6 Å². The first-order valence-electron chi connectivity index (χ1n) is 8.93. The highest BCUT2D eigenvalue weighted by Gasteiger charge is 2.14. The summed E-state index contributed by atoms with van der Waals surface area (Å²) in [5.41, 5.74) is 2.86. The van der Waals surface area contributed by atoms with Gasteiger partial charge in [-0.25, -0.2) is 14.8 Å². The third-order valence-corrected chi connectivity index (χ3v) is 4.72. The number of amides is 1. The molecule has 0 aliphatic carbocycles. The van der Waals surface area contributed by atoms with Crippen LogP contribution in [-0.4, -0.2) is 20.2 Å². The molecule has 1 amide bonds. The third-order valence-electron chi connectivity index (χ3n) is 4.72. The number of fused-ring (bicyclic) bond motifs is 1. The fourth-order valence-electron chi connectivity index (χ4n) is 3.29. The molecule has 0 spiro atoms. The van der Waals surface area contributed by atoms with Crippen molar-refractivity contribution in [3.63, 3.8) is 0 Å². The number of rotatable bonds is 4. The van der Waals surface area contributed by atoms with Crippen LogP contribution in [0.4, 0.5) is 0 Å². The predicted octanol–water partition coefficient (Wildman–Crippen LogP) is 2.32. The molecule has 144 valence electrons. The Hall–Kier alpha value is -3.97. The minimum Gasteiger partial charge on any atom is -0.288 e. The van der Waals surface area contributed by atoms with Crippen LogP contribution in [-0.2, 0) is 6.54 Å². The number of carbonyl (C=O) groups excluding carboxylic acids is 1. The average molecular weight is 387 g/mol. The van der Waals surface area contributed by atoms with Crippen LogP contribution < -0.4 is 16.7 Å². The first kappa shape index (κ1) is 18.4. The molecule has 2 N–H and O–H groups in total. The maximum absolute atomic E-state index is 13.3. The van der Waals surface area contributed by atoms with Crippen molar-refractivity contribution >= 4 is 16.8 Å². The summed E-state index contributed by atoms with van der Waals surface area (Å²) in [6.45, 7) is 0.216. The number of nitrogens with zero attached hydrogens (tertiary/aromatic N) is 2. The summed E-state index contributed by atoms with van der Waals surface area (Å²) in [7, 11) is 0. The molecule has 1 heterocycles. The molecule has 7 nitrogen and oxygen atoms in total. The predicted molar refractivity (Wildman–Crippen MR) is 109 cm³/mol. The van der Waals surface area contributed by atoms with E-state index in [1.165, 1.54) is 4.57 Å². The number of carbonyl (C=O) groups is 1. The second-order valence-corrected chi connectivity index (χ2v) is 6.50. The minimum absolute atomic E-state index is 0.216. The molecule has 0 saturated carbocycles. The molecule has 4 aromatic rings. The van der Waals surface area contributed by atoms with Gasteiger partial charge in [0.1, 0.15) is 0 Å². The lowest BCUT2D eigenvalue weighted by atomic mass is 10.1. The lowest BCUT2D eigenvalue weighted by molar-refractivity contribution is 0.0706. The van der Waals surface area contributed by atoms with Crippen molar-refractivity contribution < 1.29 is 10.0 Å². The van der Waals surface area contributed by atoms with Gasteiger partial charge in [0, 0.05) is 5.56 Å². The zero-order valence-electron chi connectivity index (χ0n) is 15.3. The number of para-hydroxylation sites is 2. The second-order valence-electron chi connectivity index (χ2n) is 6.50. The molecular formula is C22H17N3O4. The highest BCUT2D eigenvalue weighted by atomic mass is 16.5. The normalized spacial score (nSPS) is 10.8. The number of benzene rings is 3. The van der Waals surface area contributed by atoms with E-state index < -0.39 is 11.6 Å². The molecule has 3 aromatic carbocycles. The molecule has 0 atom stereocenters. The van der Waals surface area contributed by atoms with Crippen molar-refractivity contribution in [3.8, 4) is 5.69 Å². The van der Waals surface area contributed by atoms with Crippen molar-refractivity contribution in [2.24, 2.45) is 0 Å². The Morgan fingerprint density at radius 1 is 0.862 bits per heavy atom. The molecule has 0 aliphatic rings. The van der Waals surface area contributed by atoms with Crippen LogP contribution in [0.15, 0.2) is 88.5 Å². The lowest BCUT2D eigenvalue weighted by Gasteiger charge is -2.14. The zero-order valence-corrected chi connectivity index (χ0v) is 15.3. The van der Waals surface area contributed by atoms with E-state index in [1.54, 1.807) is 78.3 Å². The molecular weight excluding hydrogens is 370 g/mol. The number of hydrogen-bond donors (Lipinski definition) is 2. The van der Waals surface area contributed by atoms with Crippen LogP contribution in [0.3, 0.4) is 0 Å². The largest absolute Gasteiger partial charge is 0.336 e. The van der Waals surface area contributed by atoms with Gasteiger partial charge in [-0.3, -0.25) is 19.4 Å². The van der Waals surface area contributed by atoms with Gasteiger partial charge < -0.3 is 0 Å². The van der Waals surface area contributed by atoms with E-state index in [0.717, 1.165) is 10.1 Å². The van der Waals surface area contributed by atoms with Gasteiger partial charge in [-0.1, -0.05) is 42.5 Å². The van der Waals surface area contributed by atoms with E-state index in [-0.39, 0.29) is 12.1 Å². The standard InChI is InChI=1S/C22H17N3O4/c26-20(23-29)16-12-10-15(11-13-16)14-24-19-9-5-4-8-18(19)21(27)25(22(24)28)17-6-2-1-3-7-17/h1-13,29H,14H2,(H,23,26). The molecule has 7 heteroatoms. The van der Waals surface area contributed by atoms with Gasteiger partial charge in [0.05, 0.1) is 23.1 Å². The SMILES string of the molecule is O=C(NO)c1ccc(Cn2c(=O)n(-c3ccccc3)c(=O)c3ccccc32)cc1. The Bertz CT molecular complexity index is 1310. The maximum atomic E-state index is 13.3. The van der Waals surface area contributed by atoms with E-state index in [4.69, 9.17) is 5.21 Å². The fraction of sp³-hybridized carbons (Fsp3) is 0.0455. The molecule has 4 rings (SSSR count). The number of aromatic nitrogens is 2. The monoisotopic (exact) mass is 387 g/mol. The average Bonchev–Trinajstić information content (AvgIpc) is 2.77. The summed E-state index contributed by atoms with van der Waals surface area (Å²) in [6.07, 6.45) is 0. The van der Waals surface area contributed by atoms with Crippen molar-refractivity contribution in [1.82, 2.24) is 14.6 Å². The van der Waals surface area contributed by atoms with Crippen molar-refractivity contribution in [2.45, 2.75) is 6.54 Å². The van der Waals surface area contributed by atoms with Crippen LogP contribution in [0.2, 0.25) is 0 Å². The summed E-state index contributed by atoms with van der Waals surface area (Å²) in [5, 5.41) is 9.17. The van der Waals surface area contributed by atoms with Gasteiger partial charge in [-0.15, -0.1) is 0 Å². The highest BCUT2D eigenvalue weighted by Crippen LogP contribution is 2.13. The van der Waals surface area contributed by atoms with Gasteiger partial charge in [-0.05, 0) is 42.0 Å². The number of hydrogen-bond acceptors (Lipinski definition) is 4. The fourth-order valence-corrected chi connectivity index (χ4v) is 3.29. The topological polar surface area (TPSA) is 93.3 Å². The Balaban J connectivity index is 1.89. The van der Waals surface area contributed by atoms with Gasteiger partial charge in [0.25, 0.3) is 11.5 Å². The summed E-state index contributed by atoms with van der Waals surface area (Å²) < 4.78 is 2.70. The molecule has 0 bridgehead atoms. The van der Waals surface area contributed by atoms with E-state index in [9.17, 15) is 14.4 Å². The quantitative estimate of drug-likeness (QED) is 0.415. The van der Waals surface area contributed by atoms with Crippen LogP contribution in [0.1, 0.15) is 15.9 Å². The van der Waals surface area contributed by atoms with Gasteiger partial charge in [0.2, 0.25) is 0 Å². The smallest absolute Gasteiger partial charge is 0.288 e. The maximum Gasteiger partial charge on any atom is 0.336 e. The summed E-state index contributed by atoms with van der Waals surface area (Å²) >= 11 is 0. The van der Waals surface area contributed by atoms with E-state index in [2.05, 4.69) is 0 Å². The third kappa shape index (κ3) is 3.35. The summed E-state index contributed by atoms with van der Waals surface area (Å²) in [4.78, 5) is 37.7. The van der Waals surface area contributed by atoms with Gasteiger partial charge in [-0.2, -0.15) is 0 Å². The molecule has 0 fully saturated rings. The van der Waals surface area contributed by atoms with Gasteiger partial charge >= 0.3 is 5.69 Å². The molecule has 29 heavy (non-hydrogen) atoms. The van der Waals surface area contributed by atoms with E-state index in [0.29, 0.717) is 22.2 Å². The first-order valence-corrected chi connectivity index (χ1v) is 8.93. The lowest BCUT2D eigenvalue weighted by Crippen LogP contribution is -2.39. The van der Waals surface area contributed by atoms with E-state index >= 15 is 0 Å². The van der Waals surface area contributed by atoms with E-state index in [1.807, 2.05) is 6.07 Å². The van der Waals surface area contributed by atoms with Crippen LogP contribution >= 0.6 is 0 Å². The van der Waals surface area contributed by atoms with Crippen LogP contribution in [0, 0.1) is 0 Å². The number of nitrogens with one attached hydrogen (secondary N) is 1. The molecule has 0 unspecified atom stereocenters. The summed E-state index contributed by atoms with van der Waals surface area (Å²) in [5.74, 6) is -0.614. The van der Waals surface area contributed by atoms with Crippen LogP contribution in [0.5, 0.6) is 0 Å². The van der Waals surface area contributed by atoms with Crippen molar-refractivity contribution in [1.29, 1.82) is 0 Å². The Kier molecular flexibility index (Phi) is 4.80. The highest BCUT2D eigenvalue weighted by molar-refractivity contribution is 5.93. The Morgan fingerprint density at radius 2 is 1.52 bits per heavy atom. The second kappa shape index (κ2) is 7.57. The van der Waals surface area contributed by atoms with Crippen molar-refractivity contribution in [3.05, 3.63) is 111 Å². The zero-order chi connectivity index (χ0) is 20.4. The number of hydroxylamine groups is 1. The first-order chi connectivity index (χ1) is 14.1. The van der Waals surface area contributed by atoms with Gasteiger partial charge in [0.15, 0.2) is 0 Å². The molecule has 0 aliphatic heterocycles. The molecule has 1 aromatic heterocycles. The summed E-state index contributed by atoms with van der Waals surface area (Å²) in [6, 6.07) is 22.3. The molecule has 0 saturated heterocycles. The Labute approximate surface area is 165 Å². The minimum atomic E-state index is -0.614. The van der Waals surface area contributed by atoms with Crippen molar-refractivity contribution in [2.75, 3.05) is 0 Å². The Morgan fingerprint density at radius 3 is 2.21 bits per heavy atom. The molecule has 0 radical (unpaired) electrons.